The topological polar surface area (TPSA) is 60.5 Å². The summed E-state index contributed by atoms with van der Waals surface area (Å²) in [7, 11) is 1.61. The van der Waals surface area contributed by atoms with Gasteiger partial charge in [0.15, 0.2) is 5.78 Å². The number of Topliss-reactive ketones (excluding diaryl/α,β-unsaturated/α-hetero) is 1. The molecule has 44 heavy (non-hydrogen) atoms. The van der Waals surface area contributed by atoms with Crippen molar-refractivity contribution in [3.63, 3.8) is 0 Å². The van der Waals surface area contributed by atoms with Gasteiger partial charge in [0.1, 0.15) is 34.7 Å². The zero-order chi connectivity index (χ0) is 30.7. The number of allylic oxidation sites excluding steroid dienone is 2. The third-order valence-electron chi connectivity index (χ3n) is 9.06. The van der Waals surface area contributed by atoms with E-state index in [0.717, 1.165) is 48.6 Å². The van der Waals surface area contributed by atoms with E-state index in [1.54, 1.807) is 7.11 Å². The van der Waals surface area contributed by atoms with Crippen molar-refractivity contribution in [3.8, 4) is 23.0 Å². The minimum Gasteiger partial charge on any atom is -0.496 e. The van der Waals surface area contributed by atoms with Crippen LogP contribution in [0.3, 0.4) is 0 Å². The van der Waals surface area contributed by atoms with Crippen LogP contribution in [0, 0.1) is 0 Å². The number of piperidine rings is 2. The second-order valence-electron chi connectivity index (χ2n) is 12.8. The summed E-state index contributed by atoms with van der Waals surface area (Å²) in [6.07, 6.45) is 12.6. The number of ketones is 1. The Morgan fingerprint density at radius 2 is 1.48 bits per heavy atom. The summed E-state index contributed by atoms with van der Waals surface area (Å²) in [5.74, 6) is 2.72. The van der Waals surface area contributed by atoms with Crippen LogP contribution in [0.25, 0.3) is 0 Å². The van der Waals surface area contributed by atoms with Crippen LogP contribution in [0.15, 0.2) is 42.0 Å². The molecule has 0 N–H and O–H groups in total. The molecule has 2 fully saturated rings. The molecule has 0 bridgehead atoms. The maximum absolute atomic E-state index is 13.6. The Morgan fingerprint density at radius 3 is 2.07 bits per heavy atom. The second-order valence-corrected chi connectivity index (χ2v) is 12.8. The Kier molecular flexibility index (Phi) is 12.0. The fourth-order valence-electron chi connectivity index (χ4n) is 6.57. The van der Waals surface area contributed by atoms with Crippen molar-refractivity contribution in [2.24, 2.45) is 0 Å². The van der Waals surface area contributed by atoms with E-state index in [-0.39, 0.29) is 18.3 Å². The van der Waals surface area contributed by atoms with Crippen molar-refractivity contribution in [1.29, 1.82) is 0 Å². The van der Waals surface area contributed by atoms with Crippen molar-refractivity contribution < 1.29 is 23.7 Å². The van der Waals surface area contributed by atoms with Gasteiger partial charge in [-0.1, -0.05) is 36.6 Å². The Morgan fingerprint density at radius 1 is 0.864 bits per heavy atom. The van der Waals surface area contributed by atoms with E-state index in [2.05, 4.69) is 29.7 Å². The number of rotatable bonds is 14. The van der Waals surface area contributed by atoms with Crippen LogP contribution >= 0.6 is 0 Å². The highest BCUT2D eigenvalue weighted by Gasteiger charge is 2.34. The van der Waals surface area contributed by atoms with Gasteiger partial charge in [-0.15, -0.1) is 0 Å². The Bertz CT molecular complexity index is 1240. The maximum Gasteiger partial charge on any atom is 0.174 e. The zero-order valence-electron chi connectivity index (χ0n) is 27.2. The number of nitrogens with zero attached hydrogens (tertiary/aromatic N) is 2. The normalized spacial score (nSPS) is 19.2. The lowest BCUT2D eigenvalue weighted by molar-refractivity contribution is 0.0841. The SMILES string of the molecule is COc1cc(OCCCN2CCCCC2)c(CC=C(C)C)c2c1C(=O)CC(c1ccc(OCCCN3CCCCC3)cc1)O2. The fourth-order valence-corrected chi connectivity index (χ4v) is 6.57. The molecule has 3 heterocycles. The summed E-state index contributed by atoms with van der Waals surface area (Å²) in [6.45, 7) is 12.4. The first kappa shape index (κ1) is 32.4. The zero-order valence-corrected chi connectivity index (χ0v) is 27.2. The van der Waals surface area contributed by atoms with Crippen LogP contribution in [0.4, 0.5) is 0 Å². The third-order valence-corrected chi connectivity index (χ3v) is 9.06. The number of methoxy groups -OCH3 is 1. The molecule has 5 rings (SSSR count). The Labute approximate surface area is 264 Å². The van der Waals surface area contributed by atoms with E-state index in [1.807, 2.05) is 30.3 Å². The maximum atomic E-state index is 13.6. The fraction of sp³-hybridized carbons (Fsp3) is 0.595. The highest BCUT2D eigenvalue weighted by atomic mass is 16.5. The van der Waals surface area contributed by atoms with E-state index in [0.29, 0.717) is 36.7 Å². The summed E-state index contributed by atoms with van der Waals surface area (Å²) in [4.78, 5) is 18.7. The molecule has 0 aromatic heterocycles. The minimum absolute atomic E-state index is 0.0289. The summed E-state index contributed by atoms with van der Waals surface area (Å²) in [6, 6.07) is 9.92. The predicted molar refractivity (Wildman–Crippen MR) is 176 cm³/mol. The summed E-state index contributed by atoms with van der Waals surface area (Å²) < 4.78 is 24.8. The van der Waals surface area contributed by atoms with E-state index in [9.17, 15) is 4.79 Å². The largest absolute Gasteiger partial charge is 0.496 e. The van der Waals surface area contributed by atoms with Gasteiger partial charge in [-0.25, -0.2) is 0 Å². The molecule has 240 valence electrons. The molecule has 1 unspecified atom stereocenters. The lowest BCUT2D eigenvalue weighted by atomic mass is 9.92. The molecule has 3 aliphatic heterocycles. The molecular formula is C37H52N2O5. The summed E-state index contributed by atoms with van der Waals surface area (Å²) in [5.41, 5.74) is 3.60. The quantitative estimate of drug-likeness (QED) is 0.164. The van der Waals surface area contributed by atoms with Gasteiger partial charge < -0.3 is 28.7 Å². The summed E-state index contributed by atoms with van der Waals surface area (Å²) >= 11 is 0. The highest BCUT2D eigenvalue weighted by Crippen LogP contribution is 2.46. The molecule has 1 atom stereocenters. The molecule has 2 saturated heterocycles. The van der Waals surface area contributed by atoms with E-state index in [4.69, 9.17) is 18.9 Å². The van der Waals surface area contributed by atoms with E-state index < -0.39 is 0 Å². The molecule has 2 aromatic carbocycles. The number of fused-ring (bicyclic) bond motifs is 1. The van der Waals surface area contributed by atoms with Gasteiger partial charge in [0.25, 0.3) is 0 Å². The lowest BCUT2D eigenvalue weighted by Gasteiger charge is -2.30. The van der Waals surface area contributed by atoms with Gasteiger partial charge in [0, 0.05) is 24.7 Å². The number of hydrogen-bond acceptors (Lipinski definition) is 7. The van der Waals surface area contributed by atoms with Crippen LogP contribution in [-0.4, -0.2) is 75.2 Å². The van der Waals surface area contributed by atoms with Gasteiger partial charge in [0.05, 0.1) is 26.7 Å². The third kappa shape index (κ3) is 8.79. The Hall–Kier alpha value is -3.03. The average molecular weight is 605 g/mol. The summed E-state index contributed by atoms with van der Waals surface area (Å²) in [5, 5.41) is 0. The smallest absolute Gasteiger partial charge is 0.174 e. The van der Waals surface area contributed by atoms with Crippen molar-refractivity contribution in [2.45, 2.75) is 84.2 Å². The highest BCUT2D eigenvalue weighted by molar-refractivity contribution is 6.03. The molecule has 2 aromatic rings. The van der Waals surface area contributed by atoms with Crippen LogP contribution in [0.5, 0.6) is 23.0 Å². The number of carbonyl (C=O) groups is 1. The molecule has 0 radical (unpaired) electrons. The molecule has 0 saturated carbocycles. The number of likely N-dealkylation sites (tertiary alicyclic amines) is 2. The van der Waals surface area contributed by atoms with Gasteiger partial charge in [0.2, 0.25) is 0 Å². The lowest BCUT2D eigenvalue weighted by Crippen LogP contribution is -2.31. The van der Waals surface area contributed by atoms with E-state index in [1.165, 1.54) is 70.3 Å². The second kappa shape index (κ2) is 16.3. The molecule has 7 nitrogen and oxygen atoms in total. The first-order chi connectivity index (χ1) is 21.5. The molecule has 3 aliphatic rings. The van der Waals surface area contributed by atoms with Gasteiger partial charge in [-0.2, -0.15) is 0 Å². The number of hydrogen-bond donors (Lipinski definition) is 0. The standard InChI is InChI=1S/C37H52N2O5/c1-28(2)12-17-31-34(43-25-11-23-39-20-8-5-9-21-39)27-35(41-3)36-32(40)26-33(44-37(31)36)29-13-15-30(16-14-29)42-24-10-22-38-18-6-4-7-19-38/h12-16,27,33H,4-11,17-26H2,1-3H3. The van der Waals surface area contributed by atoms with Crippen molar-refractivity contribution in [1.82, 2.24) is 9.80 Å². The van der Waals surface area contributed by atoms with Crippen LogP contribution in [0.1, 0.15) is 99.2 Å². The molecule has 7 heteroatoms. The van der Waals surface area contributed by atoms with Crippen molar-refractivity contribution >= 4 is 5.78 Å². The molecule has 0 aliphatic carbocycles. The monoisotopic (exact) mass is 604 g/mol. The first-order valence-electron chi connectivity index (χ1n) is 16.9. The first-order valence-corrected chi connectivity index (χ1v) is 16.9. The van der Waals surface area contributed by atoms with Gasteiger partial charge >= 0.3 is 0 Å². The minimum atomic E-state index is -0.382. The van der Waals surface area contributed by atoms with Crippen LogP contribution < -0.4 is 18.9 Å². The number of carbonyl (C=O) groups excluding carboxylic acids is 1. The average Bonchev–Trinajstić information content (AvgIpc) is 3.05. The van der Waals surface area contributed by atoms with Gasteiger partial charge in [-0.05, 0) is 103 Å². The number of ether oxygens (including phenoxy) is 4. The van der Waals surface area contributed by atoms with Gasteiger partial charge in [-0.3, -0.25) is 4.79 Å². The van der Waals surface area contributed by atoms with E-state index >= 15 is 0 Å². The molecule has 0 spiro atoms. The number of benzene rings is 2. The molecular weight excluding hydrogens is 552 g/mol. The van der Waals surface area contributed by atoms with Crippen LogP contribution in [0.2, 0.25) is 0 Å². The molecule has 0 amide bonds. The van der Waals surface area contributed by atoms with Crippen molar-refractivity contribution in [2.75, 3.05) is 59.6 Å². The van der Waals surface area contributed by atoms with Crippen LogP contribution in [-0.2, 0) is 6.42 Å². The predicted octanol–water partition coefficient (Wildman–Crippen LogP) is 7.42. The Balaban J connectivity index is 1.27. The van der Waals surface area contributed by atoms with Crippen molar-refractivity contribution in [3.05, 3.63) is 58.7 Å².